The number of carbonyl (C=O) groups excluding carboxylic acids is 1. The van der Waals surface area contributed by atoms with Gasteiger partial charge >= 0.3 is 0 Å². The van der Waals surface area contributed by atoms with Crippen LogP contribution in [0.1, 0.15) is 87.5 Å². The van der Waals surface area contributed by atoms with Crippen molar-refractivity contribution < 1.29 is 4.79 Å². The highest BCUT2D eigenvalue weighted by atomic mass is 16.1. The van der Waals surface area contributed by atoms with Crippen molar-refractivity contribution in [1.29, 1.82) is 0 Å². The monoisotopic (exact) mass is 295 g/mol. The van der Waals surface area contributed by atoms with E-state index in [0.29, 0.717) is 17.1 Å². The van der Waals surface area contributed by atoms with E-state index in [1.165, 1.54) is 25.7 Å². The zero-order valence-corrected chi connectivity index (χ0v) is 15.6. The Kier molecular flexibility index (Phi) is 5.69. The Hall–Kier alpha value is -0.370. The Bertz CT molecular complexity index is 357. The second kappa shape index (κ2) is 6.40. The van der Waals surface area contributed by atoms with Gasteiger partial charge in [-0.3, -0.25) is 4.79 Å². The molecule has 0 spiro atoms. The summed E-state index contributed by atoms with van der Waals surface area (Å²) in [6.45, 7) is 17.3. The number of ketones is 1. The highest BCUT2D eigenvalue weighted by Gasteiger charge is 2.38. The first-order valence-electron chi connectivity index (χ1n) is 8.65. The summed E-state index contributed by atoms with van der Waals surface area (Å²) in [5, 5.41) is 3.60. The molecule has 0 heterocycles. The van der Waals surface area contributed by atoms with E-state index in [9.17, 15) is 4.79 Å². The lowest BCUT2D eigenvalue weighted by Gasteiger charge is -2.42. The predicted molar refractivity (Wildman–Crippen MR) is 91.5 cm³/mol. The lowest BCUT2D eigenvalue weighted by atomic mass is 9.65. The maximum Gasteiger partial charge on any atom is 0.155 e. The molecule has 1 N–H and O–H groups in total. The van der Waals surface area contributed by atoms with Gasteiger partial charge in [0.15, 0.2) is 5.78 Å². The Morgan fingerprint density at radius 3 is 2.14 bits per heavy atom. The molecule has 21 heavy (non-hydrogen) atoms. The topological polar surface area (TPSA) is 29.1 Å². The van der Waals surface area contributed by atoms with E-state index < -0.39 is 0 Å². The smallest absolute Gasteiger partial charge is 0.155 e. The van der Waals surface area contributed by atoms with E-state index in [1.54, 1.807) is 0 Å². The SMILES string of the molecule is CC(C)(C)NC(CC1CCCCC1(C)C)C(=O)C(C)(C)C. The van der Waals surface area contributed by atoms with Crippen LogP contribution in [-0.2, 0) is 4.79 Å². The lowest BCUT2D eigenvalue weighted by Crippen LogP contribution is -2.52. The molecule has 1 saturated carbocycles. The zero-order valence-electron chi connectivity index (χ0n) is 15.6. The molecule has 1 aliphatic rings. The molecular weight excluding hydrogens is 258 g/mol. The Morgan fingerprint density at radius 2 is 1.71 bits per heavy atom. The van der Waals surface area contributed by atoms with Crippen molar-refractivity contribution in [2.45, 2.75) is 99.1 Å². The summed E-state index contributed by atoms with van der Waals surface area (Å²) in [6, 6.07) is -0.0209. The molecule has 0 aromatic rings. The third kappa shape index (κ3) is 5.73. The first-order valence-corrected chi connectivity index (χ1v) is 8.65. The summed E-state index contributed by atoms with van der Waals surface area (Å²) >= 11 is 0. The zero-order chi connectivity index (χ0) is 16.5. The highest BCUT2D eigenvalue weighted by Crippen LogP contribution is 2.43. The maximum absolute atomic E-state index is 12.9. The minimum absolute atomic E-state index is 0.0209. The van der Waals surface area contributed by atoms with E-state index in [1.807, 2.05) is 20.8 Å². The molecule has 1 aliphatic carbocycles. The van der Waals surface area contributed by atoms with Gasteiger partial charge in [-0.15, -0.1) is 0 Å². The summed E-state index contributed by atoms with van der Waals surface area (Å²) in [5.41, 5.74) is 0.0698. The van der Waals surface area contributed by atoms with Crippen molar-refractivity contribution >= 4 is 5.78 Å². The maximum atomic E-state index is 12.9. The van der Waals surface area contributed by atoms with E-state index in [0.717, 1.165) is 6.42 Å². The molecule has 2 heteroatoms. The second-order valence-corrected chi connectivity index (χ2v) is 9.73. The summed E-state index contributed by atoms with van der Waals surface area (Å²) < 4.78 is 0. The van der Waals surface area contributed by atoms with Crippen molar-refractivity contribution in [3.05, 3.63) is 0 Å². The van der Waals surface area contributed by atoms with Crippen LogP contribution in [0, 0.1) is 16.7 Å². The standard InChI is InChI=1S/C19H37NO/c1-17(2,3)16(21)15(20-18(4,5)6)13-14-11-9-10-12-19(14,7)8/h14-15,20H,9-13H2,1-8H3. The molecule has 0 aromatic carbocycles. The third-order valence-electron chi connectivity index (χ3n) is 4.91. The van der Waals surface area contributed by atoms with E-state index in [-0.39, 0.29) is 17.0 Å². The number of hydrogen-bond acceptors (Lipinski definition) is 2. The van der Waals surface area contributed by atoms with Gasteiger partial charge in [-0.2, -0.15) is 0 Å². The molecule has 2 nitrogen and oxygen atoms in total. The van der Waals surface area contributed by atoms with Crippen molar-refractivity contribution in [2.75, 3.05) is 0 Å². The minimum atomic E-state index is -0.276. The van der Waals surface area contributed by atoms with Crippen LogP contribution in [-0.4, -0.2) is 17.4 Å². The molecule has 2 atom stereocenters. The van der Waals surface area contributed by atoms with E-state index in [4.69, 9.17) is 0 Å². The van der Waals surface area contributed by atoms with Gasteiger partial charge in [0.1, 0.15) is 0 Å². The number of carbonyl (C=O) groups is 1. The van der Waals surface area contributed by atoms with E-state index in [2.05, 4.69) is 39.9 Å². The van der Waals surface area contributed by atoms with Crippen molar-refractivity contribution in [1.82, 2.24) is 5.32 Å². The molecule has 124 valence electrons. The quantitative estimate of drug-likeness (QED) is 0.793. The fourth-order valence-corrected chi connectivity index (χ4v) is 3.56. The summed E-state index contributed by atoms with van der Waals surface area (Å²) in [6.07, 6.45) is 6.21. The molecule has 0 bridgehead atoms. The van der Waals surface area contributed by atoms with Crippen LogP contribution < -0.4 is 5.32 Å². The number of hydrogen-bond donors (Lipinski definition) is 1. The summed E-state index contributed by atoms with van der Waals surface area (Å²) in [5.74, 6) is 1.01. The number of nitrogens with one attached hydrogen (secondary N) is 1. The Labute approximate surface area is 132 Å². The normalized spacial score (nSPS) is 24.7. The van der Waals surface area contributed by atoms with Crippen molar-refractivity contribution in [2.24, 2.45) is 16.7 Å². The van der Waals surface area contributed by atoms with Gasteiger partial charge in [-0.25, -0.2) is 0 Å². The van der Waals surface area contributed by atoms with Crippen LogP contribution in [0.3, 0.4) is 0 Å². The average molecular weight is 296 g/mol. The van der Waals surface area contributed by atoms with Gasteiger partial charge in [0.05, 0.1) is 6.04 Å². The lowest BCUT2D eigenvalue weighted by molar-refractivity contribution is -0.129. The van der Waals surface area contributed by atoms with Crippen LogP contribution in [0.5, 0.6) is 0 Å². The van der Waals surface area contributed by atoms with Gasteiger partial charge in [-0.05, 0) is 51.4 Å². The molecule has 0 saturated heterocycles. The van der Waals surface area contributed by atoms with Gasteiger partial charge in [0, 0.05) is 11.0 Å². The molecule has 1 fully saturated rings. The molecular formula is C19H37NO. The van der Waals surface area contributed by atoms with Crippen molar-refractivity contribution in [3.8, 4) is 0 Å². The molecule has 0 aromatic heterocycles. The van der Waals surface area contributed by atoms with Gasteiger partial charge in [0.25, 0.3) is 0 Å². The Morgan fingerprint density at radius 1 is 1.14 bits per heavy atom. The third-order valence-corrected chi connectivity index (χ3v) is 4.91. The molecule has 1 rings (SSSR count). The highest BCUT2D eigenvalue weighted by molar-refractivity contribution is 5.88. The summed E-state index contributed by atoms with van der Waals surface area (Å²) in [4.78, 5) is 12.9. The van der Waals surface area contributed by atoms with Crippen molar-refractivity contribution in [3.63, 3.8) is 0 Å². The van der Waals surface area contributed by atoms with Gasteiger partial charge < -0.3 is 5.32 Å². The summed E-state index contributed by atoms with van der Waals surface area (Å²) in [7, 11) is 0. The fourth-order valence-electron chi connectivity index (χ4n) is 3.56. The van der Waals surface area contributed by atoms with Crippen LogP contribution in [0.4, 0.5) is 0 Å². The molecule has 0 aliphatic heterocycles. The minimum Gasteiger partial charge on any atom is -0.303 e. The first-order chi connectivity index (χ1) is 9.33. The van der Waals surface area contributed by atoms with Crippen LogP contribution >= 0.6 is 0 Å². The first kappa shape index (κ1) is 18.7. The van der Waals surface area contributed by atoms with Crippen LogP contribution in [0.15, 0.2) is 0 Å². The number of rotatable bonds is 4. The fraction of sp³-hybridized carbons (Fsp3) is 0.947. The van der Waals surface area contributed by atoms with Crippen LogP contribution in [0.25, 0.3) is 0 Å². The second-order valence-electron chi connectivity index (χ2n) is 9.73. The molecule has 0 amide bonds. The van der Waals surface area contributed by atoms with E-state index >= 15 is 0 Å². The average Bonchev–Trinajstić information content (AvgIpc) is 2.26. The molecule has 0 radical (unpaired) electrons. The van der Waals surface area contributed by atoms with Gasteiger partial charge in [0.2, 0.25) is 0 Å². The molecule has 2 unspecified atom stereocenters. The van der Waals surface area contributed by atoms with Gasteiger partial charge in [-0.1, -0.05) is 47.5 Å². The van der Waals surface area contributed by atoms with Crippen LogP contribution in [0.2, 0.25) is 0 Å². The Balaban J connectivity index is 2.89. The predicted octanol–water partition coefficient (Wildman–Crippen LogP) is 4.96. The number of Topliss-reactive ketones (excluding diaryl/α,β-unsaturated/α-hetero) is 1. The largest absolute Gasteiger partial charge is 0.303 e.